The highest BCUT2D eigenvalue weighted by Crippen LogP contribution is 2.15. The molecule has 0 heterocycles. The molecular weight excluding hydrogens is 99.0 g/mol. The predicted molar refractivity (Wildman–Crippen MR) is 27.7 cm³/mol. The van der Waals surface area contributed by atoms with Crippen molar-refractivity contribution in [2.75, 3.05) is 13.3 Å². The summed E-state index contributed by atoms with van der Waals surface area (Å²) in [6.07, 6.45) is 0. The Bertz CT molecular complexity index is 46.8. The van der Waals surface area contributed by atoms with Crippen LogP contribution in [0.2, 0.25) is 0 Å². The topological polar surface area (TPSA) is 41.5 Å². The highest BCUT2D eigenvalue weighted by molar-refractivity contribution is 7.53. The molecule has 0 saturated carbocycles. The van der Waals surface area contributed by atoms with Crippen molar-refractivity contribution in [3.05, 3.63) is 4.91 Å². The van der Waals surface area contributed by atoms with Gasteiger partial charge in [-0.2, -0.15) is 0 Å². The molecule has 0 aromatic rings. The first-order chi connectivity index (χ1) is 2.77. The van der Waals surface area contributed by atoms with E-state index >= 15 is 0 Å². The minimum Gasteiger partial charge on any atom is -0.254 e. The Balaban J connectivity index is 2.81. The molecule has 36 valence electrons. The van der Waals surface area contributed by atoms with Crippen molar-refractivity contribution in [1.29, 1.82) is 0 Å². The van der Waals surface area contributed by atoms with Crippen LogP contribution in [-0.4, -0.2) is 13.3 Å². The van der Waals surface area contributed by atoms with Crippen LogP contribution in [0.5, 0.6) is 0 Å². The van der Waals surface area contributed by atoms with E-state index in [2.05, 4.69) is 10.5 Å². The van der Waals surface area contributed by atoms with E-state index in [9.17, 15) is 4.91 Å². The summed E-state index contributed by atoms with van der Waals surface area (Å²) in [7, 11) is -0.330. The fraction of sp³-hybridized carbons (Fsp3) is 1.00. The third-order valence-electron chi connectivity index (χ3n) is 0.241. The van der Waals surface area contributed by atoms with Gasteiger partial charge in [-0.25, -0.2) is 0 Å². The fourth-order valence-electron chi connectivity index (χ4n) is 0.0816. The lowest BCUT2D eigenvalue weighted by molar-refractivity contribution is 1.08. The van der Waals surface area contributed by atoms with Crippen LogP contribution in [0.4, 0.5) is 0 Å². The molecule has 0 aromatic heterocycles. The monoisotopic (exact) mass is 106 g/mol. The van der Waals surface area contributed by atoms with E-state index in [4.69, 9.17) is 0 Å². The van der Waals surface area contributed by atoms with Gasteiger partial charge in [0.05, 0.1) is 5.29 Å². The van der Waals surface area contributed by atoms with Crippen molar-refractivity contribution in [3.63, 3.8) is 0 Å². The van der Waals surface area contributed by atoms with Gasteiger partial charge in [0.2, 0.25) is 0 Å². The summed E-state index contributed by atoms with van der Waals surface area (Å²) >= 11 is 0. The van der Waals surface area contributed by atoms with E-state index < -0.39 is 0 Å². The molecule has 0 fully saturated rings. The van der Waals surface area contributed by atoms with Gasteiger partial charge in [-0.1, -0.05) is 0 Å². The first-order valence-electron chi connectivity index (χ1n) is 1.52. The summed E-state index contributed by atoms with van der Waals surface area (Å²) in [5, 5.41) is 4.81. The van der Waals surface area contributed by atoms with E-state index in [-0.39, 0.29) is 8.07 Å². The molecule has 0 bridgehead atoms. The number of hydrogen-bond donors (Lipinski definition) is 1. The smallest absolute Gasteiger partial charge is 0.0531 e. The second-order valence-electron chi connectivity index (χ2n) is 1.09. The highest BCUT2D eigenvalue weighted by atomic mass is 31.1. The summed E-state index contributed by atoms with van der Waals surface area (Å²) in [6, 6.07) is 0. The van der Waals surface area contributed by atoms with Gasteiger partial charge in [0.15, 0.2) is 0 Å². The Kier molecular flexibility index (Phi) is 2.95. The summed E-state index contributed by atoms with van der Waals surface area (Å²) < 4.78 is 0. The van der Waals surface area contributed by atoms with Gasteiger partial charge in [0.25, 0.3) is 0 Å². The van der Waals surface area contributed by atoms with Crippen LogP contribution in [0.25, 0.3) is 0 Å². The third-order valence-corrected chi connectivity index (χ3v) is 0.722. The molecule has 6 heavy (non-hydrogen) atoms. The summed E-state index contributed by atoms with van der Waals surface area (Å²) in [5.41, 5.74) is 0. The predicted octanol–water partition coefficient (Wildman–Crippen LogP) is 0.914. The first kappa shape index (κ1) is 5.83. The van der Waals surface area contributed by atoms with E-state index in [0.29, 0.717) is 0 Å². The number of nitrogens with zero attached hydrogens (tertiary/aromatic N) is 1. The Hall–Kier alpha value is -0.170. The zero-order valence-corrected chi connectivity index (χ0v) is 4.70. The first-order valence-corrected chi connectivity index (χ1v) is 3.76. The van der Waals surface area contributed by atoms with Crippen LogP contribution < -0.4 is 5.20 Å². The Labute approximate surface area is 37.9 Å². The van der Waals surface area contributed by atoms with Crippen molar-refractivity contribution in [2.45, 2.75) is 0 Å². The van der Waals surface area contributed by atoms with Crippen LogP contribution in [0.3, 0.4) is 0 Å². The van der Waals surface area contributed by atoms with E-state index in [1.165, 1.54) is 0 Å². The molecule has 1 N–H and O–H groups in total. The van der Waals surface area contributed by atoms with E-state index in [1.54, 1.807) is 0 Å². The van der Waals surface area contributed by atoms with Gasteiger partial charge < -0.3 is 0 Å². The largest absolute Gasteiger partial charge is 0.254 e. The van der Waals surface area contributed by atoms with E-state index in [1.807, 2.05) is 13.3 Å². The molecule has 0 unspecified atom stereocenters. The normalized spacial score (nSPS) is 8.50. The van der Waals surface area contributed by atoms with Crippen molar-refractivity contribution in [1.82, 2.24) is 5.20 Å². The van der Waals surface area contributed by atoms with Crippen molar-refractivity contribution in [2.24, 2.45) is 5.29 Å². The SMILES string of the molecule is CP(C)NN=O. The lowest BCUT2D eigenvalue weighted by atomic mass is 11.9. The number of nitroso groups, excluding NO2 is 1. The second-order valence-corrected chi connectivity index (χ2v) is 3.07. The second kappa shape index (κ2) is 3.04. The van der Waals surface area contributed by atoms with Crippen LogP contribution in [-0.2, 0) is 0 Å². The minimum atomic E-state index is -0.330. The molecule has 0 atom stereocenters. The fourth-order valence-corrected chi connectivity index (χ4v) is 0.245. The van der Waals surface area contributed by atoms with Gasteiger partial charge in [-0.15, -0.1) is 4.91 Å². The number of hydrogen-bond acceptors (Lipinski definition) is 2. The maximum absolute atomic E-state index is 9.27. The molecule has 0 aliphatic carbocycles. The summed E-state index contributed by atoms with van der Waals surface area (Å²) in [6.45, 7) is 3.83. The van der Waals surface area contributed by atoms with Gasteiger partial charge in [0.1, 0.15) is 0 Å². The van der Waals surface area contributed by atoms with Crippen molar-refractivity contribution in [3.8, 4) is 0 Å². The molecule has 0 aromatic carbocycles. The van der Waals surface area contributed by atoms with Crippen LogP contribution in [0.15, 0.2) is 5.29 Å². The van der Waals surface area contributed by atoms with Gasteiger partial charge in [0, 0.05) is 8.07 Å². The van der Waals surface area contributed by atoms with Crippen molar-refractivity contribution >= 4 is 8.07 Å². The lowest BCUT2D eigenvalue weighted by Gasteiger charge is -1.94. The summed E-state index contributed by atoms with van der Waals surface area (Å²) in [5.74, 6) is 0. The molecule has 0 spiro atoms. The van der Waals surface area contributed by atoms with Crippen molar-refractivity contribution < 1.29 is 0 Å². The highest BCUT2D eigenvalue weighted by Gasteiger charge is 1.81. The molecular formula is C2H7N2OP. The van der Waals surface area contributed by atoms with Crippen LogP contribution in [0.1, 0.15) is 0 Å². The van der Waals surface area contributed by atoms with E-state index in [0.717, 1.165) is 0 Å². The lowest BCUT2D eigenvalue weighted by Crippen LogP contribution is -1.89. The molecule has 0 amide bonds. The average Bonchev–Trinajstić information content (AvgIpc) is 1.35. The summed E-state index contributed by atoms with van der Waals surface area (Å²) in [4.78, 5) is 9.27. The molecule has 0 radical (unpaired) electrons. The molecule has 0 saturated heterocycles. The van der Waals surface area contributed by atoms with Crippen LogP contribution >= 0.6 is 8.07 Å². The average molecular weight is 106 g/mol. The Morgan fingerprint density at radius 3 is 2.17 bits per heavy atom. The quantitative estimate of drug-likeness (QED) is 0.323. The molecule has 0 aliphatic heterocycles. The Morgan fingerprint density at radius 2 is 2.17 bits per heavy atom. The molecule has 3 nitrogen and oxygen atoms in total. The van der Waals surface area contributed by atoms with Gasteiger partial charge >= 0.3 is 0 Å². The van der Waals surface area contributed by atoms with Crippen LogP contribution in [0, 0.1) is 4.91 Å². The maximum Gasteiger partial charge on any atom is 0.0531 e. The van der Waals surface area contributed by atoms with Gasteiger partial charge in [-0.3, -0.25) is 5.20 Å². The maximum atomic E-state index is 9.27. The molecule has 4 heteroatoms. The van der Waals surface area contributed by atoms with Gasteiger partial charge in [-0.05, 0) is 13.3 Å². The minimum absolute atomic E-state index is 0.330. The zero-order chi connectivity index (χ0) is 4.99. The number of rotatable bonds is 2. The Morgan fingerprint density at radius 1 is 1.67 bits per heavy atom. The third kappa shape index (κ3) is 3.83. The number of nitrogens with one attached hydrogen (secondary N) is 1. The zero-order valence-electron chi connectivity index (χ0n) is 3.80. The molecule has 0 aliphatic rings. The standard InChI is InChI=1S/C2H7N2OP/c1-6(2)4-3-5/h1-2H3,(H,4,5). The molecule has 0 rings (SSSR count).